The third-order valence-electron chi connectivity index (χ3n) is 8.87. The molecule has 48 heavy (non-hydrogen) atoms. The van der Waals surface area contributed by atoms with Crippen molar-refractivity contribution in [2.24, 2.45) is 27.0 Å². The van der Waals surface area contributed by atoms with Crippen LogP contribution in [0.1, 0.15) is 107 Å². The number of fused-ring (bicyclic) bond motifs is 1. The molecule has 4 amide bonds. The molecule has 12 nitrogen and oxygen atoms in total. The molecule has 274 valence electrons. The van der Waals surface area contributed by atoms with Gasteiger partial charge >= 0.3 is 37.2 Å². The Morgan fingerprint density at radius 3 is 2.04 bits per heavy atom. The van der Waals surface area contributed by atoms with Crippen LogP contribution in [-0.2, 0) is 23.9 Å². The molecule has 1 heterocycles. The average molecular weight is 903 g/mol. The van der Waals surface area contributed by atoms with Gasteiger partial charge in [-0.1, -0.05) is 55.1 Å². The van der Waals surface area contributed by atoms with E-state index in [1.54, 1.807) is 0 Å². The predicted molar refractivity (Wildman–Crippen MR) is 186 cm³/mol. The van der Waals surface area contributed by atoms with E-state index in [1.165, 1.54) is 11.3 Å². The number of amides is 4. The van der Waals surface area contributed by atoms with Gasteiger partial charge in [0, 0.05) is 31.3 Å². The van der Waals surface area contributed by atoms with Crippen LogP contribution < -0.4 is 21.3 Å². The molecule has 1 aliphatic heterocycles. The van der Waals surface area contributed by atoms with E-state index in [-0.39, 0.29) is 91.2 Å². The van der Waals surface area contributed by atoms with Crippen LogP contribution in [0.4, 0.5) is 4.79 Å². The number of rotatable bonds is 14. The number of nitrogens with one attached hydrogen (secondary N) is 4. The van der Waals surface area contributed by atoms with Crippen LogP contribution >= 0.6 is 0 Å². The number of hydrogen-bond acceptors (Lipinski definition) is 8. The maximum Gasteiger partial charge on any atom is 2.00 e. The summed E-state index contributed by atoms with van der Waals surface area (Å²) in [5.41, 5.74) is 3.16. The van der Waals surface area contributed by atoms with E-state index in [0.29, 0.717) is 44.9 Å². The Labute approximate surface area is 314 Å². The van der Waals surface area contributed by atoms with E-state index in [0.717, 1.165) is 32.1 Å². The second kappa shape index (κ2) is 25.9. The molecule has 3 aliphatic rings. The van der Waals surface area contributed by atoms with Crippen LogP contribution in [-0.4, -0.2) is 75.4 Å². The SMILES string of the molecule is CC.CC.[CH2-]CNC(=O)OC[C@@H]1[C@]2(C)CCC3=C(CC[C@]12C)N=NC3CC.[CH2-]COCCNC(=O)CCC(=O)NCC(=O)NC(C)C.[U+2]. The predicted octanol–water partition coefficient (Wildman–Crippen LogP) is 5.69. The number of carbonyl (C=O) groups excluding carboxylic acids is 4. The van der Waals surface area contributed by atoms with Gasteiger partial charge in [0.15, 0.2) is 0 Å². The fourth-order valence-corrected chi connectivity index (χ4v) is 6.08. The van der Waals surface area contributed by atoms with Crippen LogP contribution in [0.2, 0.25) is 0 Å². The van der Waals surface area contributed by atoms with Gasteiger partial charge in [-0.2, -0.15) is 10.2 Å². The van der Waals surface area contributed by atoms with E-state index in [4.69, 9.17) is 9.47 Å². The first kappa shape index (κ1) is 48.1. The Balaban J connectivity index is 0. The smallest absolute Gasteiger partial charge is 0.449 e. The summed E-state index contributed by atoms with van der Waals surface area (Å²) in [6, 6.07) is 0.333. The van der Waals surface area contributed by atoms with Crippen LogP contribution in [0.5, 0.6) is 0 Å². The van der Waals surface area contributed by atoms with E-state index in [9.17, 15) is 19.2 Å². The summed E-state index contributed by atoms with van der Waals surface area (Å²) in [4.78, 5) is 45.6. The minimum Gasteiger partial charge on any atom is -0.449 e. The molecule has 4 atom stereocenters. The molecule has 0 bridgehead atoms. The zero-order valence-electron chi connectivity index (χ0n) is 31.2. The standard InChI is InChI=1S/C18H28N3O2.C13H24N3O4.2C2H6.U/c1-5-13-12-7-9-17(3)15(11-23-16(22)19-6-2)18(17,4)10-8-14(12)21-20-13;1-4-20-8-7-14-11(17)5-6-12(18)15-9-13(19)16-10(2)3;2*1-2;/h13,15H,2,5-11H2,1,3-4H3,(H,19,22);10H,1,4-9H2,2-3H3,(H,14,17)(H,15,18)(H,16,19);2*1-2H3;/q2*-1;;;+2/t13?,15-,17+,18-;;;;/m1..../s1. The summed E-state index contributed by atoms with van der Waals surface area (Å²) in [6.45, 7) is 27.6. The largest absolute Gasteiger partial charge is 2.00 e. The summed E-state index contributed by atoms with van der Waals surface area (Å²) in [6.07, 6.45) is 5.13. The van der Waals surface area contributed by atoms with Crippen LogP contribution in [0.3, 0.4) is 0 Å². The number of hydrogen-bond donors (Lipinski definition) is 4. The van der Waals surface area contributed by atoms with Gasteiger partial charge in [0.1, 0.15) is 0 Å². The minimum atomic E-state index is -0.355. The Hall–Kier alpha value is -1.97. The molecule has 1 fully saturated rings. The van der Waals surface area contributed by atoms with Gasteiger partial charge in [-0.05, 0) is 62.4 Å². The van der Waals surface area contributed by atoms with Gasteiger partial charge in [0.2, 0.25) is 17.7 Å². The molecule has 1 saturated carbocycles. The number of allylic oxidation sites excluding steroid dienone is 1. The molecule has 0 saturated heterocycles. The van der Waals surface area contributed by atoms with Gasteiger partial charge in [-0.15, -0.1) is 6.54 Å². The van der Waals surface area contributed by atoms with E-state index >= 15 is 0 Å². The third-order valence-corrected chi connectivity index (χ3v) is 8.87. The molecule has 3 rings (SSSR count). The van der Waals surface area contributed by atoms with Crippen LogP contribution in [0, 0.1) is 61.7 Å². The maximum absolute atomic E-state index is 11.6. The monoisotopic (exact) mass is 903 g/mol. The van der Waals surface area contributed by atoms with Crippen molar-refractivity contribution < 1.29 is 59.8 Å². The molecular weight excluding hydrogens is 838 g/mol. The summed E-state index contributed by atoms with van der Waals surface area (Å²) >= 11 is 0. The van der Waals surface area contributed by atoms with Gasteiger partial charge in [0.25, 0.3) is 0 Å². The maximum atomic E-state index is 11.6. The summed E-state index contributed by atoms with van der Waals surface area (Å²) < 4.78 is 10.4. The third kappa shape index (κ3) is 15.7. The number of ether oxygens (including phenoxy) is 2. The van der Waals surface area contributed by atoms with Crippen molar-refractivity contribution in [3.8, 4) is 0 Å². The molecule has 0 aromatic heterocycles. The van der Waals surface area contributed by atoms with Crippen molar-refractivity contribution in [1.29, 1.82) is 0 Å². The zero-order chi connectivity index (χ0) is 36.0. The normalized spacial score (nSPS) is 22.9. The number of azo groups is 1. The molecule has 0 aromatic carbocycles. The van der Waals surface area contributed by atoms with Gasteiger partial charge in [-0.3, -0.25) is 14.4 Å². The van der Waals surface area contributed by atoms with Crippen molar-refractivity contribution in [3.05, 3.63) is 25.1 Å². The summed E-state index contributed by atoms with van der Waals surface area (Å²) in [5.74, 6) is -0.363. The quantitative estimate of drug-likeness (QED) is 0.130. The van der Waals surface area contributed by atoms with E-state index in [2.05, 4.69) is 66.1 Å². The first-order valence-corrected chi connectivity index (χ1v) is 17.4. The van der Waals surface area contributed by atoms with Crippen LogP contribution in [0.15, 0.2) is 21.5 Å². The Kier molecular flexibility index (Phi) is 26.0. The average Bonchev–Trinajstić information content (AvgIpc) is 3.28. The fourth-order valence-electron chi connectivity index (χ4n) is 6.08. The van der Waals surface area contributed by atoms with Crippen LogP contribution in [0.25, 0.3) is 0 Å². The number of nitrogens with zero attached hydrogens (tertiary/aromatic N) is 2. The Bertz CT molecular complexity index is 1040. The van der Waals surface area contributed by atoms with E-state index < -0.39 is 0 Å². The van der Waals surface area contributed by atoms with Crippen molar-refractivity contribution in [2.45, 2.75) is 119 Å². The molecule has 13 heteroatoms. The Morgan fingerprint density at radius 2 is 1.50 bits per heavy atom. The molecule has 1 unspecified atom stereocenters. The zero-order valence-corrected chi connectivity index (χ0v) is 35.3. The fraction of sp³-hybridized carbons (Fsp3) is 0.771. The van der Waals surface area contributed by atoms with Crippen molar-refractivity contribution >= 4 is 23.8 Å². The first-order valence-electron chi connectivity index (χ1n) is 17.4. The number of carbonyl (C=O) groups is 4. The second-order valence-corrected chi connectivity index (χ2v) is 12.0. The Morgan fingerprint density at radius 1 is 0.917 bits per heavy atom. The second-order valence-electron chi connectivity index (χ2n) is 12.0. The molecule has 2 aliphatic carbocycles. The van der Waals surface area contributed by atoms with Gasteiger partial charge < -0.3 is 44.6 Å². The van der Waals surface area contributed by atoms with E-state index in [1.807, 2.05) is 41.5 Å². The molecular formula is C35H64N6O6U. The molecule has 0 aromatic rings. The van der Waals surface area contributed by atoms with Gasteiger partial charge in [-0.25, -0.2) is 4.79 Å². The topological polar surface area (TPSA) is 160 Å². The van der Waals surface area contributed by atoms with Crippen molar-refractivity contribution in [2.75, 3.05) is 39.5 Å². The number of alkyl carbamates (subject to hydrolysis) is 1. The van der Waals surface area contributed by atoms with Crippen molar-refractivity contribution in [1.82, 2.24) is 21.3 Å². The summed E-state index contributed by atoms with van der Waals surface area (Å²) in [5, 5.41) is 19.2. The minimum absolute atomic E-state index is 0. The molecule has 0 spiro atoms. The van der Waals surface area contributed by atoms with Crippen molar-refractivity contribution in [3.63, 3.8) is 0 Å². The first-order chi connectivity index (χ1) is 22.4. The van der Waals surface area contributed by atoms with Gasteiger partial charge in [0.05, 0.1) is 31.5 Å². The molecule has 4 N–H and O–H groups in total. The molecule has 0 radical (unpaired) electrons. The summed E-state index contributed by atoms with van der Waals surface area (Å²) in [7, 11) is 0.